The van der Waals surface area contributed by atoms with E-state index >= 15 is 0 Å². The van der Waals surface area contributed by atoms with Crippen LogP contribution in [0.15, 0.2) is 73.1 Å². The predicted octanol–water partition coefficient (Wildman–Crippen LogP) is 5.26. The second kappa shape index (κ2) is 6.68. The summed E-state index contributed by atoms with van der Waals surface area (Å²) in [5, 5.41) is 4.28. The molecular weight excluding hydrogens is 320 g/mol. The van der Waals surface area contributed by atoms with E-state index in [1.807, 2.05) is 74.5 Å². The number of aromatic nitrogens is 2. The molecule has 0 spiro atoms. The third kappa shape index (κ3) is 2.76. The summed E-state index contributed by atoms with van der Waals surface area (Å²) in [4.78, 5) is 22.3. The van der Waals surface area contributed by atoms with Crippen LogP contribution < -0.4 is 0 Å². The van der Waals surface area contributed by atoms with Gasteiger partial charge in [0.1, 0.15) is 5.78 Å². The fourth-order valence-electron chi connectivity index (χ4n) is 3.62. The second-order valence-electron chi connectivity index (χ2n) is 6.68. The maximum absolute atomic E-state index is 13.3. The van der Waals surface area contributed by atoms with Crippen LogP contribution in [0.3, 0.4) is 0 Å². The van der Waals surface area contributed by atoms with Gasteiger partial charge in [-0.1, -0.05) is 48.5 Å². The Morgan fingerprint density at radius 2 is 1.12 bits per heavy atom. The fraction of sp³-hybridized carbons (Fsp3) is 0.174. The van der Waals surface area contributed by atoms with Gasteiger partial charge >= 0.3 is 0 Å². The van der Waals surface area contributed by atoms with E-state index in [1.54, 1.807) is 12.4 Å². The molecule has 0 fully saturated rings. The van der Waals surface area contributed by atoms with Gasteiger partial charge in [0.15, 0.2) is 0 Å². The van der Waals surface area contributed by atoms with Crippen LogP contribution in [-0.4, -0.2) is 15.8 Å². The molecule has 2 aromatic heterocycles. The van der Waals surface area contributed by atoms with Crippen LogP contribution in [0, 0.1) is 0 Å². The van der Waals surface area contributed by atoms with E-state index in [1.165, 1.54) is 0 Å². The first-order chi connectivity index (χ1) is 12.7. The van der Waals surface area contributed by atoms with Crippen LogP contribution in [0.2, 0.25) is 0 Å². The molecule has 2 aromatic carbocycles. The van der Waals surface area contributed by atoms with E-state index < -0.39 is 0 Å². The highest BCUT2D eigenvalue weighted by Crippen LogP contribution is 2.31. The maximum Gasteiger partial charge on any atom is 0.150 e. The Bertz CT molecular complexity index is 1010. The fourth-order valence-corrected chi connectivity index (χ4v) is 3.62. The number of ketones is 1. The summed E-state index contributed by atoms with van der Waals surface area (Å²) >= 11 is 0. The first-order valence-corrected chi connectivity index (χ1v) is 8.88. The lowest BCUT2D eigenvalue weighted by molar-refractivity contribution is -0.121. The third-order valence-electron chi connectivity index (χ3n) is 5.08. The SMILES string of the molecule is CC(C(=O)C(C)c1nccc2ccccc12)c1nccc2ccccc12. The summed E-state index contributed by atoms with van der Waals surface area (Å²) < 4.78 is 0. The average Bonchev–Trinajstić information content (AvgIpc) is 2.71. The number of carbonyl (C=O) groups excluding carboxylic acids is 1. The zero-order chi connectivity index (χ0) is 18.1. The molecule has 0 aliphatic carbocycles. The van der Waals surface area contributed by atoms with Crippen molar-refractivity contribution >= 4 is 27.3 Å². The molecule has 0 amide bonds. The van der Waals surface area contributed by atoms with Crippen LogP contribution in [0.1, 0.15) is 37.1 Å². The quantitative estimate of drug-likeness (QED) is 0.509. The monoisotopic (exact) mass is 340 g/mol. The van der Waals surface area contributed by atoms with Crippen LogP contribution >= 0.6 is 0 Å². The van der Waals surface area contributed by atoms with Gasteiger partial charge in [0.05, 0.1) is 23.2 Å². The number of carbonyl (C=O) groups is 1. The second-order valence-corrected chi connectivity index (χ2v) is 6.68. The van der Waals surface area contributed by atoms with Gasteiger partial charge in [-0.15, -0.1) is 0 Å². The van der Waals surface area contributed by atoms with Gasteiger partial charge in [-0.25, -0.2) is 0 Å². The predicted molar refractivity (Wildman–Crippen MR) is 105 cm³/mol. The van der Waals surface area contributed by atoms with Crippen LogP contribution in [-0.2, 0) is 4.79 Å². The highest BCUT2D eigenvalue weighted by molar-refractivity contribution is 5.98. The zero-order valence-corrected chi connectivity index (χ0v) is 14.9. The lowest BCUT2D eigenvalue weighted by atomic mass is 9.87. The Labute approximate surface area is 152 Å². The van der Waals surface area contributed by atoms with Crippen molar-refractivity contribution in [2.75, 3.05) is 0 Å². The van der Waals surface area contributed by atoms with Crippen molar-refractivity contribution in [3.05, 3.63) is 84.4 Å². The molecule has 3 nitrogen and oxygen atoms in total. The van der Waals surface area contributed by atoms with Crippen molar-refractivity contribution in [2.24, 2.45) is 0 Å². The Kier molecular flexibility index (Phi) is 4.21. The number of pyridine rings is 2. The van der Waals surface area contributed by atoms with Gasteiger partial charge in [-0.05, 0) is 36.8 Å². The molecule has 0 saturated carbocycles. The average molecular weight is 340 g/mol. The van der Waals surface area contributed by atoms with Crippen molar-refractivity contribution in [3.63, 3.8) is 0 Å². The van der Waals surface area contributed by atoms with Crippen molar-refractivity contribution in [3.8, 4) is 0 Å². The number of rotatable bonds is 4. The smallest absolute Gasteiger partial charge is 0.150 e. The number of hydrogen-bond acceptors (Lipinski definition) is 3. The van der Waals surface area contributed by atoms with E-state index in [2.05, 4.69) is 9.97 Å². The number of Topliss-reactive ketones (excluding diaryl/α,β-unsaturated/α-hetero) is 1. The topological polar surface area (TPSA) is 42.9 Å². The Morgan fingerprint density at radius 3 is 1.58 bits per heavy atom. The summed E-state index contributed by atoms with van der Waals surface area (Å²) in [6.45, 7) is 3.89. The van der Waals surface area contributed by atoms with Crippen LogP contribution in [0.5, 0.6) is 0 Å². The molecule has 0 radical (unpaired) electrons. The Hall–Kier alpha value is -3.07. The third-order valence-corrected chi connectivity index (χ3v) is 5.08. The first kappa shape index (κ1) is 16.4. The molecule has 4 aromatic rings. The van der Waals surface area contributed by atoms with Crippen molar-refractivity contribution in [1.82, 2.24) is 9.97 Å². The lowest BCUT2D eigenvalue weighted by Gasteiger charge is -2.18. The molecule has 2 atom stereocenters. The highest BCUT2D eigenvalue weighted by atomic mass is 16.1. The Morgan fingerprint density at radius 1 is 0.692 bits per heavy atom. The zero-order valence-electron chi connectivity index (χ0n) is 14.9. The number of hydrogen-bond donors (Lipinski definition) is 0. The maximum atomic E-state index is 13.3. The summed E-state index contributed by atoms with van der Waals surface area (Å²) in [7, 11) is 0. The summed E-state index contributed by atoms with van der Waals surface area (Å²) in [6.07, 6.45) is 3.56. The van der Waals surface area contributed by atoms with E-state index in [4.69, 9.17) is 0 Å². The van der Waals surface area contributed by atoms with E-state index in [9.17, 15) is 4.79 Å². The molecule has 0 saturated heterocycles. The minimum Gasteiger partial charge on any atom is -0.298 e. The molecule has 4 rings (SSSR count). The largest absolute Gasteiger partial charge is 0.298 e. The van der Waals surface area contributed by atoms with Crippen molar-refractivity contribution in [1.29, 1.82) is 0 Å². The summed E-state index contributed by atoms with van der Waals surface area (Å²) in [5.41, 5.74) is 1.67. The summed E-state index contributed by atoms with van der Waals surface area (Å²) in [5.74, 6) is -0.452. The van der Waals surface area contributed by atoms with E-state index in [0.717, 1.165) is 32.9 Å². The van der Waals surface area contributed by atoms with Gasteiger partial charge in [0.2, 0.25) is 0 Å². The van der Waals surface area contributed by atoms with E-state index in [0.29, 0.717) is 0 Å². The van der Waals surface area contributed by atoms with Gasteiger partial charge in [-0.3, -0.25) is 14.8 Å². The normalized spacial score (nSPS) is 13.6. The number of nitrogens with zero attached hydrogens (tertiary/aromatic N) is 2. The summed E-state index contributed by atoms with van der Waals surface area (Å²) in [6, 6.07) is 20.1. The molecule has 0 bridgehead atoms. The molecule has 0 N–H and O–H groups in total. The van der Waals surface area contributed by atoms with Crippen LogP contribution in [0.4, 0.5) is 0 Å². The molecule has 26 heavy (non-hydrogen) atoms. The minimum atomic E-state index is -0.295. The molecular formula is C23H20N2O. The van der Waals surface area contributed by atoms with Gasteiger partial charge < -0.3 is 0 Å². The minimum absolute atomic E-state index is 0.137. The molecule has 3 heteroatoms. The van der Waals surface area contributed by atoms with Gasteiger partial charge in [0, 0.05) is 23.2 Å². The van der Waals surface area contributed by atoms with Gasteiger partial charge in [0.25, 0.3) is 0 Å². The highest BCUT2D eigenvalue weighted by Gasteiger charge is 2.26. The number of benzene rings is 2. The first-order valence-electron chi connectivity index (χ1n) is 8.88. The molecule has 0 aliphatic rings. The van der Waals surface area contributed by atoms with E-state index in [-0.39, 0.29) is 17.6 Å². The number of fused-ring (bicyclic) bond motifs is 2. The molecule has 2 heterocycles. The van der Waals surface area contributed by atoms with Gasteiger partial charge in [-0.2, -0.15) is 0 Å². The molecule has 0 aliphatic heterocycles. The Balaban J connectivity index is 1.74. The molecule has 128 valence electrons. The van der Waals surface area contributed by atoms with Crippen molar-refractivity contribution in [2.45, 2.75) is 25.7 Å². The van der Waals surface area contributed by atoms with Crippen molar-refractivity contribution < 1.29 is 4.79 Å². The molecule has 2 unspecified atom stereocenters. The standard InChI is InChI=1S/C23H20N2O/c1-15(21-19-9-5-3-7-17(19)11-13-24-21)23(26)16(2)22-20-10-6-4-8-18(20)12-14-25-22/h3-16H,1-2H3. The van der Waals surface area contributed by atoms with Crippen LogP contribution in [0.25, 0.3) is 21.5 Å². The lowest BCUT2D eigenvalue weighted by Crippen LogP contribution is -2.19.